The molecule has 0 fully saturated rings. The fraction of sp³-hybridized carbons (Fsp3) is 0.0833. The Labute approximate surface area is 96.7 Å². The molecule has 1 N–H and O–H groups in total. The van der Waals surface area contributed by atoms with Crippen molar-refractivity contribution in [1.29, 1.82) is 0 Å². The average Bonchev–Trinajstić information content (AvgIpc) is 2.22. The van der Waals surface area contributed by atoms with Crippen LogP contribution in [0, 0.1) is 6.92 Å². The van der Waals surface area contributed by atoms with Crippen molar-refractivity contribution in [2.45, 2.75) is 6.92 Å². The van der Waals surface area contributed by atoms with E-state index in [1.807, 2.05) is 37.3 Å². The lowest BCUT2D eigenvalue weighted by atomic mass is 10.1. The normalized spacial score (nSPS) is 10.3. The van der Waals surface area contributed by atoms with Gasteiger partial charge in [0.05, 0.1) is 10.2 Å². The Morgan fingerprint density at radius 3 is 2.67 bits per heavy atom. The van der Waals surface area contributed by atoms with Crippen LogP contribution in [0.5, 0.6) is 5.75 Å². The third-order valence-electron chi connectivity index (χ3n) is 2.13. The van der Waals surface area contributed by atoms with Crippen LogP contribution in [0.4, 0.5) is 0 Å². The van der Waals surface area contributed by atoms with Crippen molar-refractivity contribution in [2.24, 2.45) is 0 Å². The van der Waals surface area contributed by atoms with Crippen LogP contribution in [-0.4, -0.2) is 10.1 Å². The maximum Gasteiger partial charge on any atom is 0.129 e. The van der Waals surface area contributed by atoms with E-state index in [-0.39, 0.29) is 5.75 Å². The van der Waals surface area contributed by atoms with Crippen molar-refractivity contribution < 1.29 is 5.11 Å². The molecule has 0 aliphatic rings. The van der Waals surface area contributed by atoms with Crippen LogP contribution < -0.4 is 0 Å². The summed E-state index contributed by atoms with van der Waals surface area (Å²) in [5.41, 5.74) is 2.88. The molecule has 0 aliphatic carbocycles. The van der Waals surface area contributed by atoms with Crippen molar-refractivity contribution in [2.75, 3.05) is 0 Å². The first-order valence-electron chi connectivity index (χ1n) is 4.59. The van der Waals surface area contributed by atoms with Gasteiger partial charge in [-0.3, -0.25) is 4.98 Å². The summed E-state index contributed by atoms with van der Waals surface area (Å²) in [4.78, 5) is 4.41. The van der Waals surface area contributed by atoms with E-state index < -0.39 is 0 Å². The number of rotatable bonds is 1. The molecule has 2 aromatic rings. The molecule has 1 aromatic carbocycles. The van der Waals surface area contributed by atoms with Gasteiger partial charge in [0.1, 0.15) is 5.75 Å². The second kappa shape index (κ2) is 4.03. The Bertz CT molecular complexity index is 497. The van der Waals surface area contributed by atoms with Gasteiger partial charge in [-0.1, -0.05) is 6.07 Å². The van der Waals surface area contributed by atoms with Crippen molar-refractivity contribution in [1.82, 2.24) is 4.98 Å². The monoisotopic (exact) mass is 263 g/mol. The first-order chi connectivity index (χ1) is 7.16. The van der Waals surface area contributed by atoms with E-state index in [0.717, 1.165) is 17.0 Å². The maximum atomic E-state index is 9.38. The largest absolute Gasteiger partial charge is 0.507 e. The third-order valence-corrected chi connectivity index (χ3v) is 2.77. The van der Waals surface area contributed by atoms with Gasteiger partial charge in [0.25, 0.3) is 0 Å². The topological polar surface area (TPSA) is 33.1 Å². The summed E-state index contributed by atoms with van der Waals surface area (Å²) >= 11 is 3.28. The van der Waals surface area contributed by atoms with Gasteiger partial charge in [-0.25, -0.2) is 0 Å². The fourth-order valence-electron chi connectivity index (χ4n) is 1.37. The van der Waals surface area contributed by atoms with Gasteiger partial charge in [0.2, 0.25) is 0 Å². The zero-order valence-electron chi connectivity index (χ0n) is 8.24. The predicted molar refractivity (Wildman–Crippen MR) is 63.8 cm³/mol. The molecule has 0 unspecified atom stereocenters. The summed E-state index contributed by atoms with van der Waals surface area (Å²) in [5, 5.41) is 9.38. The molecule has 1 aromatic heterocycles. The number of aryl methyl sites for hydroxylation is 1. The number of aromatic hydroxyl groups is 1. The van der Waals surface area contributed by atoms with Gasteiger partial charge in [-0.15, -0.1) is 0 Å². The first-order valence-corrected chi connectivity index (χ1v) is 5.38. The first kappa shape index (κ1) is 10.2. The number of nitrogens with zero attached hydrogens (tertiary/aromatic N) is 1. The minimum atomic E-state index is 0.242. The molecule has 2 rings (SSSR count). The minimum Gasteiger partial charge on any atom is -0.507 e. The molecule has 0 spiro atoms. The number of phenols is 1. The molecule has 1 heterocycles. The van der Waals surface area contributed by atoms with Crippen LogP contribution in [0.25, 0.3) is 11.3 Å². The number of pyridine rings is 1. The minimum absolute atomic E-state index is 0.242. The lowest BCUT2D eigenvalue weighted by molar-refractivity contribution is 0.472. The van der Waals surface area contributed by atoms with E-state index in [9.17, 15) is 5.11 Å². The lowest BCUT2D eigenvalue weighted by Gasteiger charge is -2.03. The smallest absolute Gasteiger partial charge is 0.129 e. The maximum absolute atomic E-state index is 9.38. The number of halogens is 1. The lowest BCUT2D eigenvalue weighted by Crippen LogP contribution is -1.85. The Morgan fingerprint density at radius 2 is 2.00 bits per heavy atom. The average molecular weight is 264 g/mol. The highest BCUT2D eigenvalue weighted by molar-refractivity contribution is 9.10. The second-order valence-corrected chi connectivity index (χ2v) is 4.18. The highest BCUT2D eigenvalue weighted by atomic mass is 79.9. The van der Waals surface area contributed by atoms with E-state index in [0.29, 0.717) is 4.47 Å². The fourth-order valence-corrected chi connectivity index (χ4v) is 1.75. The summed E-state index contributed by atoms with van der Waals surface area (Å²) in [6.45, 7) is 1.96. The van der Waals surface area contributed by atoms with E-state index >= 15 is 0 Å². The summed E-state index contributed by atoms with van der Waals surface area (Å²) in [7, 11) is 0. The summed E-state index contributed by atoms with van der Waals surface area (Å²) < 4.78 is 0.684. The van der Waals surface area contributed by atoms with E-state index in [2.05, 4.69) is 20.9 Å². The molecule has 15 heavy (non-hydrogen) atoms. The predicted octanol–water partition coefficient (Wildman–Crippen LogP) is 3.53. The molecular weight excluding hydrogens is 254 g/mol. The molecule has 0 atom stereocenters. The third kappa shape index (κ3) is 2.18. The van der Waals surface area contributed by atoms with Crippen molar-refractivity contribution >= 4 is 15.9 Å². The van der Waals surface area contributed by atoms with E-state index in [1.165, 1.54) is 0 Å². The van der Waals surface area contributed by atoms with Crippen LogP contribution in [0.1, 0.15) is 5.69 Å². The van der Waals surface area contributed by atoms with Gasteiger partial charge in [0.15, 0.2) is 0 Å². The molecule has 2 nitrogen and oxygen atoms in total. The van der Waals surface area contributed by atoms with Crippen molar-refractivity contribution in [3.63, 3.8) is 0 Å². The van der Waals surface area contributed by atoms with Crippen LogP contribution in [-0.2, 0) is 0 Å². The summed E-state index contributed by atoms with van der Waals surface area (Å²) in [6.07, 6.45) is 0. The Hall–Kier alpha value is -1.35. The Kier molecular flexibility index (Phi) is 2.73. The SMILES string of the molecule is Cc1cccc(-c2ccc(O)c(Br)c2)n1. The van der Waals surface area contributed by atoms with Gasteiger partial charge < -0.3 is 5.11 Å². The molecule has 0 radical (unpaired) electrons. The number of benzene rings is 1. The van der Waals surface area contributed by atoms with E-state index in [1.54, 1.807) is 6.07 Å². The standard InChI is InChI=1S/C12H10BrNO/c1-8-3-2-4-11(14-8)9-5-6-12(15)10(13)7-9/h2-7,15H,1H3. The van der Waals surface area contributed by atoms with Gasteiger partial charge in [-0.2, -0.15) is 0 Å². The van der Waals surface area contributed by atoms with Gasteiger partial charge in [-0.05, 0) is 53.2 Å². The molecule has 0 saturated carbocycles. The van der Waals surface area contributed by atoms with Crippen molar-refractivity contribution in [3.05, 3.63) is 46.6 Å². The highest BCUT2D eigenvalue weighted by Gasteiger charge is 2.02. The van der Waals surface area contributed by atoms with Crippen LogP contribution in [0.2, 0.25) is 0 Å². The Balaban J connectivity index is 2.50. The van der Waals surface area contributed by atoms with Crippen LogP contribution in [0.3, 0.4) is 0 Å². The molecule has 0 aliphatic heterocycles. The number of hydrogen-bond donors (Lipinski definition) is 1. The van der Waals surface area contributed by atoms with Crippen LogP contribution in [0.15, 0.2) is 40.9 Å². The number of aromatic nitrogens is 1. The van der Waals surface area contributed by atoms with E-state index in [4.69, 9.17) is 0 Å². The molecule has 0 bridgehead atoms. The van der Waals surface area contributed by atoms with Gasteiger partial charge in [0, 0.05) is 11.3 Å². The summed E-state index contributed by atoms with van der Waals surface area (Å²) in [6, 6.07) is 11.2. The van der Waals surface area contributed by atoms with Crippen LogP contribution >= 0.6 is 15.9 Å². The molecule has 3 heteroatoms. The van der Waals surface area contributed by atoms with Gasteiger partial charge >= 0.3 is 0 Å². The Morgan fingerprint density at radius 1 is 1.20 bits per heavy atom. The zero-order chi connectivity index (χ0) is 10.8. The molecular formula is C12H10BrNO. The number of phenolic OH excluding ortho intramolecular Hbond substituents is 1. The zero-order valence-corrected chi connectivity index (χ0v) is 9.82. The molecule has 76 valence electrons. The quantitative estimate of drug-likeness (QED) is 0.854. The second-order valence-electron chi connectivity index (χ2n) is 3.33. The van der Waals surface area contributed by atoms with Crippen molar-refractivity contribution in [3.8, 4) is 17.0 Å². The molecule has 0 amide bonds. The number of hydrogen-bond acceptors (Lipinski definition) is 2. The summed E-state index contributed by atoms with van der Waals surface area (Å²) in [5.74, 6) is 0.242. The highest BCUT2D eigenvalue weighted by Crippen LogP contribution is 2.28. The molecule has 0 saturated heterocycles.